The minimum atomic E-state index is 0.455. The summed E-state index contributed by atoms with van der Waals surface area (Å²) in [5, 5.41) is 24.7. The molecule has 1 aliphatic carbocycles. The first-order valence-electron chi connectivity index (χ1n) is 14.6. The average Bonchev–Trinajstić information content (AvgIpc) is 3.56. The van der Waals surface area contributed by atoms with Crippen LogP contribution in [-0.2, 0) is 6.42 Å². The van der Waals surface area contributed by atoms with Crippen molar-refractivity contribution in [3.63, 3.8) is 0 Å². The molecule has 0 saturated carbocycles. The van der Waals surface area contributed by atoms with Gasteiger partial charge in [0.2, 0.25) is 0 Å². The molecule has 0 saturated heterocycles. The highest BCUT2D eigenvalue weighted by Gasteiger charge is 2.25. The van der Waals surface area contributed by atoms with Gasteiger partial charge in [-0.3, -0.25) is 0 Å². The summed E-state index contributed by atoms with van der Waals surface area (Å²) in [5.74, 6) is 0.455. The SMILES string of the molecule is CC1C=Cc2c(c3ccccc3n2-c2cccc(-c3cccc(C#N)c3-n3c4ccccc4c4ccccc43)c2C#N)C1. The number of nitriles is 2. The molecule has 0 spiro atoms. The van der Waals surface area contributed by atoms with E-state index >= 15 is 0 Å². The number of benzene rings is 5. The van der Waals surface area contributed by atoms with E-state index in [1.54, 1.807) is 0 Å². The van der Waals surface area contributed by atoms with Crippen molar-refractivity contribution < 1.29 is 0 Å². The number of aromatic nitrogens is 2. The van der Waals surface area contributed by atoms with E-state index in [1.807, 2.05) is 60.7 Å². The zero-order valence-electron chi connectivity index (χ0n) is 23.6. The molecular formula is C39H26N4. The molecule has 4 nitrogen and oxygen atoms in total. The molecule has 8 rings (SSSR count). The maximum absolute atomic E-state index is 10.8. The summed E-state index contributed by atoms with van der Waals surface area (Å²) in [4.78, 5) is 0. The molecule has 0 fully saturated rings. The van der Waals surface area contributed by atoms with E-state index in [0.717, 1.165) is 61.9 Å². The third-order valence-electron chi connectivity index (χ3n) is 8.77. The molecular weight excluding hydrogens is 524 g/mol. The minimum absolute atomic E-state index is 0.455. The Bertz CT molecular complexity index is 2310. The van der Waals surface area contributed by atoms with Gasteiger partial charge >= 0.3 is 0 Å². The molecule has 0 amide bonds. The van der Waals surface area contributed by atoms with Gasteiger partial charge in [-0.25, -0.2) is 0 Å². The van der Waals surface area contributed by atoms with Gasteiger partial charge in [0, 0.05) is 33.0 Å². The molecule has 0 N–H and O–H groups in total. The summed E-state index contributed by atoms with van der Waals surface area (Å²) in [5.41, 5.74) is 9.98. The third-order valence-corrected chi connectivity index (χ3v) is 8.77. The Hall–Kier alpha value is -5.84. The smallest absolute Gasteiger partial charge is 0.102 e. The Morgan fingerprint density at radius 1 is 0.628 bits per heavy atom. The summed E-state index contributed by atoms with van der Waals surface area (Å²) < 4.78 is 4.42. The summed E-state index contributed by atoms with van der Waals surface area (Å²) in [6.07, 6.45) is 5.42. The molecule has 1 atom stereocenters. The molecule has 2 heterocycles. The van der Waals surface area contributed by atoms with Crippen molar-refractivity contribution >= 4 is 38.8 Å². The Balaban J connectivity index is 1.46. The van der Waals surface area contributed by atoms with Crippen molar-refractivity contribution in [3.05, 3.63) is 138 Å². The molecule has 0 radical (unpaired) electrons. The van der Waals surface area contributed by atoms with E-state index in [9.17, 15) is 10.5 Å². The molecule has 0 aliphatic heterocycles. The molecule has 43 heavy (non-hydrogen) atoms. The normalized spacial score (nSPS) is 14.2. The summed E-state index contributed by atoms with van der Waals surface area (Å²) >= 11 is 0. The lowest BCUT2D eigenvalue weighted by Crippen LogP contribution is -2.07. The second-order valence-corrected chi connectivity index (χ2v) is 11.3. The van der Waals surface area contributed by atoms with Gasteiger partial charge in [0.25, 0.3) is 0 Å². The van der Waals surface area contributed by atoms with E-state index in [0.29, 0.717) is 17.0 Å². The Morgan fingerprint density at radius 2 is 1.23 bits per heavy atom. The Morgan fingerprint density at radius 3 is 1.91 bits per heavy atom. The highest BCUT2D eigenvalue weighted by atomic mass is 15.0. The minimum Gasteiger partial charge on any atom is -0.308 e. The van der Waals surface area contributed by atoms with Crippen molar-refractivity contribution in [1.82, 2.24) is 9.13 Å². The van der Waals surface area contributed by atoms with E-state index in [1.165, 1.54) is 10.9 Å². The van der Waals surface area contributed by atoms with Crippen LogP contribution >= 0.6 is 0 Å². The van der Waals surface area contributed by atoms with Crippen LogP contribution in [0.15, 0.2) is 115 Å². The van der Waals surface area contributed by atoms with Crippen LogP contribution in [0.25, 0.3) is 61.3 Å². The first kappa shape index (κ1) is 24.9. The maximum Gasteiger partial charge on any atom is 0.102 e. The Labute approximate surface area is 249 Å². The molecule has 7 aromatic rings. The lowest BCUT2D eigenvalue weighted by molar-refractivity contribution is 0.717. The van der Waals surface area contributed by atoms with Gasteiger partial charge in [-0.1, -0.05) is 91.9 Å². The number of nitrogens with zero attached hydrogens (tertiary/aromatic N) is 4. The fraction of sp³-hybridized carbons (Fsp3) is 0.0769. The fourth-order valence-corrected chi connectivity index (χ4v) is 6.94. The fourth-order valence-electron chi connectivity index (χ4n) is 6.94. The van der Waals surface area contributed by atoms with Gasteiger partial charge in [-0.2, -0.15) is 10.5 Å². The average molecular weight is 551 g/mol. The van der Waals surface area contributed by atoms with Gasteiger partial charge in [0.15, 0.2) is 0 Å². The quantitative estimate of drug-likeness (QED) is 0.220. The largest absolute Gasteiger partial charge is 0.308 e. The standard InChI is InChI=1S/C39H26N4/c1-25-20-21-38-32(22-25)30-13-4-5-16-34(30)42(38)37-19-9-14-27(33(37)24-41)31-15-8-10-26(23-40)39(31)43-35-17-6-2-11-28(35)29-12-3-7-18-36(29)43/h2-21,25H,22H2,1H3. The number of allylic oxidation sites excluding steroid dienone is 1. The molecule has 1 unspecified atom stereocenters. The number of rotatable bonds is 3. The van der Waals surface area contributed by atoms with Crippen molar-refractivity contribution in [2.24, 2.45) is 5.92 Å². The molecule has 202 valence electrons. The molecule has 1 aliphatic rings. The summed E-state index contributed by atoms with van der Waals surface area (Å²) in [7, 11) is 0. The first-order valence-corrected chi connectivity index (χ1v) is 14.6. The topological polar surface area (TPSA) is 57.4 Å². The van der Waals surface area contributed by atoms with E-state index < -0.39 is 0 Å². The van der Waals surface area contributed by atoms with Gasteiger partial charge in [-0.05, 0) is 54.3 Å². The second kappa shape index (κ2) is 9.62. The number of fused-ring (bicyclic) bond motifs is 6. The highest BCUT2D eigenvalue weighted by molar-refractivity contribution is 6.10. The number of hydrogen-bond acceptors (Lipinski definition) is 2. The van der Waals surface area contributed by atoms with Crippen LogP contribution in [0.2, 0.25) is 0 Å². The van der Waals surface area contributed by atoms with Crippen LogP contribution in [0, 0.1) is 28.6 Å². The van der Waals surface area contributed by atoms with Crippen LogP contribution in [-0.4, -0.2) is 9.13 Å². The predicted octanol–water partition coefficient (Wildman–Crippen LogP) is 9.34. The van der Waals surface area contributed by atoms with Crippen molar-refractivity contribution in [2.75, 3.05) is 0 Å². The van der Waals surface area contributed by atoms with Gasteiger partial charge < -0.3 is 9.13 Å². The van der Waals surface area contributed by atoms with Crippen LogP contribution in [0.5, 0.6) is 0 Å². The lowest BCUT2D eigenvalue weighted by atomic mass is 9.93. The van der Waals surface area contributed by atoms with Crippen molar-refractivity contribution in [2.45, 2.75) is 13.3 Å². The highest BCUT2D eigenvalue weighted by Crippen LogP contribution is 2.41. The zero-order valence-corrected chi connectivity index (χ0v) is 23.6. The number of para-hydroxylation sites is 4. The van der Waals surface area contributed by atoms with Gasteiger partial charge in [0.05, 0.1) is 39.1 Å². The predicted molar refractivity (Wildman–Crippen MR) is 174 cm³/mol. The third kappa shape index (κ3) is 3.61. The van der Waals surface area contributed by atoms with E-state index in [-0.39, 0.29) is 0 Å². The second-order valence-electron chi connectivity index (χ2n) is 11.3. The zero-order chi connectivity index (χ0) is 29.1. The van der Waals surface area contributed by atoms with E-state index in [4.69, 9.17) is 0 Å². The van der Waals surface area contributed by atoms with Crippen LogP contribution in [0.3, 0.4) is 0 Å². The monoisotopic (exact) mass is 550 g/mol. The molecule has 5 aromatic carbocycles. The van der Waals surface area contributed by atoms with Crippen molar-refractivity contribution in [1.29, 1.82) is 10.5 Å². The Kier molecular flexibility index (Phi) is 5.58. The maximum atomic E-state index is 10.8. The van der Waals surface area contributed by atoms with Crippen LogP contribution in [0.1, 0.15) is 29.3 Å². The van der Waals surface area contributed by atoms with Crippen LogP contribution in [0.4, 0.5) is 0 Å². The number of hydrogen-bond donors (Lipinski definition) is 0. The van der Waals surface area contributed by atoms with Crippen LogP contribution < -0.4 is 0 Å². The summed E-state index contributed by atoms with van der Waals surface area (Å²) in [6.45, 7) is 2.24. The molecule has 4 heteroatoms. The van der Waals surface area contributed by atoms with Crippen molar-refractivity contribution in [3.8, 4) is 34.6 Å². The molecule has 0 bridgehead atoms. The first-order chi connectivity index (χ1) is 21.2. The van der Waals surface area contributed by atoms with E-state index in [2.05, 4.69) is 88.9 Å². The van der Waals surface area contributed by atoms with Gasteiger partial charge in [0.1, 0.15) is 12.1 Å². The van der Waals surface area contributed by atoms with Gasteiger partial charge in [-0.15, -0.1) is 0 Å². The molecule has 2 aromatic heterocycles. The lowest BCUT2D eigenvalue weighted by Gasteiger charge is -2.19. The summed E-state index contributed by atoms with van der Waals surface area (Å²) in [6, 6.07) is 42.0.